The molecular weight excluding hydrogens is 618 g/mol. The Morgan fingerprint density at radius 3 is 1.36 bits per heavy atom. The second-order valence-corrected chi connectivity index (χ2v) is 14.2. The summed E-state index contributed by atoms with van der Waals surface area (Å²) in [7, 11) is 0. The fourth-order valence-corrected chi connectivity index (χ4v) is 6.02. The summed E-state index contributed by atoms with van der Waals surface area (Å²) in [5, 5.41) is 32.9. The molecule has 5 nitrogen and oxygen atoms in total. The number of allylic oxidation sites excluding steroid dienone is 8. The molecule has 4 N–H and O–H groups in total. The number of aliphatic hydroxyl groups excluding tert-OH is 3. The van der Waals surface area contributed by atoms with Crippen molar-refractivity contribution in [1.82, 2.24) is 5.32 Å². The summed E-state index contributed by atoms with van der Waals surface area (Å²) in [4.78, 5) is 12.3. The average Bonchev–Trinajstić information content (AvgIpc) is 3.11. The van der Waals surface area contributed by atoms with Gasteiger partial charge in [-0.25, -0.2) is 0 Å². The highest BCUT2D eigenvalue weighted by Crippen LogP contribution is 2.14. The number of aliphatic hydroxyl groups is 3. The van der Waals surface area contributed by atoms with Crippen molar-refractivity contribution in [3.8, 4) is 0 Å². The molecule has 0 aliphatic carbocycles. The molecule has 3 unspecified atom stereocenters. The zero-order valence-electron chi connectivity index (χ0n) is 32.8. The molecule has 0 aromatic heterocycles. The maximum absolute atomic E-state index is 12.3. The van der Waals surface area contributed by atoms with Gasteiger partial charge in [-0.15, -0.1) is 0 Å². The van der Waals surface area contributed by atoms with Gasteiger partial charge in [-0.1, -0.05) is 190 Å². The van der Waals surface area contributed by atoms with Crippen LogP contribution in [0.15, 0.2) is 60.8 Å². The van der Waals surface area contributed by atoms with E-state index < -0.39 is 24.2 Å². The van der Waals surface area contributed by atoms with Crippen molar-refractivity contribution < 1.29 is 20.1 Å². The Balaban J connectivity index is 3.80. The zero-order valence-corrected chi connectivity index (χ0v) is 32.8. The van der Waals surface area contributed by atoms with E-state index in [4.69, 9.17) is 0 Å². The molecule has 0 heterocycles. The summed E-state index contributed by atoms with van der Waals surface area (Å²) in [5.41, 5.74) is 0. The largest absolute Gasteiger partial charge is 0.394 e. The number of hydrogen-bond donors (Lipinski definition) is 4. The Labute approximate surface area is 309 Å². The van der Waals surface area contributed by atoms with Crippen molar-refractivity contribution in [2.75, 3.05) is 6.61 Å². The average molecular weight is 700 g/mol. The predicted molar refractivity (Wildman–Crippen MR) is 217 cm³/mol. The molecule has 0 aromatic rings. The second-order valence-electron chi connectivity index (χ2n) is 14.2. The third-order valence-corrected chi connectivity index (χ3v) is 9.26. The highest BCUT2D eigenvalue weighted by Gasteiger charge is 2.19. The van der Waals surface area contributed by atoms with E-state index in [0.717, 1.165) is 38.5 Å². The quantitative estimate of drug-likeness (QED) is 0.0384. The Kier molecular flexibility index (Phi) is 38.3. The summed E-state index contributed by atoms with van der Waals surface area (Å²) in [6.45, 7) is 4.14. The van der Waals surface area contributed by atoms with Crippen LogP contribution in [0.5, 0.6) is 0 Å². The van der Waals surface area contributed by atoms with E-state index in [-0.39, 0.29) is 13.0 Å². The van der Waals surface area contributed by atoms with Crippen molar-refractivity contribution in [2.24, 2.45) is 0 Å². The summed E-state index contributed by atoms with van der Waals surface area (Å²) >= 11 is 0. The lowest BCUT2D eigenvalue weighted by atomic mass is 10.0. The van der Waals surface area contributed by atoms with Crippen LogP contribution >= 0.6 is 0 Å². The summed E-state index contributed by atoms with van der Waals surface area (Å²) in [6.07, 6.45) is 52.5. The van der Waals surface area contributed by atoms with E-state index in [2.05, 4.69) is 55.6 Å². The van der Waals surface area contributed by atoms with Crippen LogP contribution in [0.25, 0.3) is 0 Å². The van der Waals surface area contributed by atoms with Gasteiger partial charge in [-0.3, -0.25) is 4.79 Å². The lowest BCUT2D eigenvalue weighted by Crippen LogP contribution is -2.45. The highest BCUT2D eigenvalue weighted by molar-refractivity contribution is 5.77. The first-order valence-electron chi connectivity index (χ1n) is 21.1. The van der Waals surface area contributed by atoms with Crippen molar-refractivity contribution >= 4 is 5.91 Å². The summed E-state index contributed by atoms with van der Waals surface area (Å²) < 4.78 is 0. The molecule has 3 atom stereocenters. The van der Waals surface area contributed by atoms with E-state index in [1.807, 2.05) is 12.2 Å². The third kappa shape index (κ3) is 35.9. The predicted octanol–water partition coefficient (Wildman–Crippen LogP) is 11.9. The van der Waals surface area contributed by atoms with Crippen LogP contribution in [-0.4, -0.2) is 46.1 Å². The van der Waals surface area contributed by atoms with E-state index in [1.165, 1.54) is 135 Å². The zero-order chi connectivity index (χ0) is 36.6. The van der Waals surface area contributed by atoms with Gasteiger partial charge >= 0.3 is 0 Å². The van der Waals surface area contributed by atoms with Gasteiger partial charge in [0.25, 0.3) is 0 Å². The van der Waals surface area contributed by atoms with E-state index in [1.54, 1.807) is 12.2 Å². The number of hydrogen-bond acceptors (Lipinski definition) is 4. The molecule has 0 saturated heterocycles. The molecule has 0 spiro atoms. The number of nitrogens with one attached hydrogen (secondary N) is 1. The first-order valence-corrected chi connectivity index (χ1v) is 21.1. The number of amides is 1. The fourth-order valence-electron chi connectivity index (χ4n) is 6.02. The van der Waals surface area contributed by atoms with Gasteiger partial charge < -0.3 is 20.6 Å². The molecule has 0 fully saturated rings. The summed E-state index contributed by atoms with van der Waals surface area (Å²) in [5.74, 6) is -0.399. The molecule has 0 aliphatic rings. The highest BCUT2D eigenvalue weighted by atomic mass is 16.3. The van der Waals surface area contributed by atoms with Crippen molar-refractivity contribution in [2.45, 2.75) is 212 Å². The van der Waals surface area contributed by atoms with E-state index in [0.29, 0.717) is 0 Å². The van der Waals surface area contributed by atoms with Crippen LogP contribution in [0.1, 0.15) is 194 Å². The molecule has 0 aliphatic heterocycles. The number of carbonyl (C=O) groups excluding carboxylic acids is 1. The van der Waals surface area contributed by atoms with Gasteiger partial charge in [-0.2, -0.15) is 0 Å². The first kappa shape index (κ1) is 48.0. The molecule has 5 heteroatoms. The van der Waals surface area contributed by atoms with Gasteiger partial charge in [0.2, 0.25) is 5.91 Å². The molecule has 0 radical (unpaired) electrons. The van der Waals surface area contributed by atoms with Gasteiger partial charge in [0, 0.05) is 0 Å². The van der Waals surface area contributed by atoms with E-state index >= 15 is 0 Å². The van der Waals surface area contributed by atoms with Crippen LogP contribution in [0.2, 0.25) is 0 Å². The topological polar surface area (TPSA) is 89.8 Å². The monoisotopic (exact) mass is 700 g/mol. The van der Waals surface area contributed by atoms with Gasteiger partial charge in [0.05, 0.1) is 31.3 Å². The summed E-state index contributed by atoms with van der Waals surface area (Å²) in [6, 6.07) is -0.799. The molecule has 0 aromatic carbocycles. The van der Waals surface area contributed by atoms with Crippen molar-refractivity contribution in [3.63, 3.8) is 0 Å². The van der Waals surface area contributed by atoms with Crippen molar-refractivity contribution in [1.29, 1.82) is 0 Å². The number of unbranched alkanes of at least 4 members (excludes halogenated alkanes) is 22. The molecule has 0 bridgehead atoms. The maximum Gasteiger partial charge on any atom is 0.223 e. The van der Waals surface area contributed by atoms with Gasteiger partial charge in [0.15, 0.2) is 0 Å². The Hall–Kier alpha value is -1.95. The van der Waals surface area contributed by atoms with Crippen LogP contribution in [-0.2, 0) is 4.79 Å². The smallest absolute Gasteiger partial charge is 0.223 e. The van der Waals surface area contributed by atoms with Crippen molar-refractivity contribution in [3.05, 3.63) is 60.8 Å². The third-order valence-electron chi connectivity index (χ3n) is 9.26. The Morgan fingerprint density at radius 2 is 0.900 bits per heavy atom. The second kappa shape index (κ2) is 39.8. The van der Waals surface area contributed by atoms with Crippen LogP contribution in [0.3, 0.4) is 0 Å². The standard InChI is InChI=1S/C45H81NO4/c1-3-5-7-9-11-13-15-16-17-18-19-20-21-22-23-24-25-26-27-29-31-33-35-37-39-44(49)43(41-47)46-45(50)40-42(48)38-36-34-32-30-28-14-12-10-8-6-4-2/h24-25,29-32,36-39,42-44,47-49H,3-23,26-28,33-35,40-41H2,1-2H3,(H,46,50)/b25-24+,31-29+,32-30-,38-36-,39-37+. The Bertz CT molecular complexity index is 861. The lowest BCUT2D eigenvalue weighted by Gasteiger charge is -2.20. The SMILES string of the molecule is CCCCCCCC/C=C\C/C=C\C(O)CC(=O)NC(CO)C(O)/C=C/CC/C=C/CC/C=C/CCCCCCCCCCCCCCCC. The fraction of sp³-hybridized carbons (Fsp3) is 0.756. The molecule has 0 rings (SSSR count). The minimum absolute atomic E-state index is 0.107. The van der Waals surface area contributed by atoms with Crippen LogP contribution in [0.4, 0.5) is 0 Å². The molecule has 290 valence electrons. The van der Waals surface area contributed by atoms with Crippen LogP contribution < -0.4 is 5.32 Å². The van der Waals surface area contributed by atoms with Crippen LogP contribution in [0, 0.1) is 0 Å². The van der Waals surface area contributed by atoms with Gasteiger partial charge in [-0.05, 0) is 57.8 Å². The minimum atomic E-state index is -0.984. The first-order chi connectivity index (χ1) is 24.5. The maximum atomic E-state index is 12.3. The lowest BCUT2D eigenvalue weighted by molar-refractivity contribution is -0.124. The molecular formula is C45H81NO4. The molecule has 1 amide bonds. The number of carbonyl (C=O) groups is 1. The minimum Gasteiger partial charge on any atom is -0.394 e. The normalized spacial score (nSPS) is 14.3. The van der Waals surface area contributed by atoms with E-state index in [9.17, 15) is 20.1 Å². The Morgan fingerprint density at radius 1 is 0.500 bits per heavy atom. The molecule has 50 heavy (non-hydrogen) atoms. The van der Waals surface area contributed by atoms with Gasteiger partial charge in [0.1, 0.15) is 0 Å². The molecule has 0 saturated carbocycles. The number of rotatable bonds is 37.